The Morgan fingerprint density at radius 3 is 3.05 bits per heavy atom. The van der Waals surface area contributed by atoms with E-state index < -0.39 is 5.91 Å². The third kappa shape index (κ3) is 2.63. The highest BCUT2D eigenvalue weighted by molar-refractivity contribution is 7.22. The van der Waals surface area contributed by atoms with Gasteiger partial charge in [-0.15, -0.1) is 0 Å². The number of hydrogen-bond donors (Lipinski definition) is 2. The SMILES string of the molecule is CCOc1ccc2nc(NC(=O)c3nonc3N)sc2c1. The minimum atomic E-state index is -0.516. The van der Waals surface area contributed by atoms with Crippen LogP contribution in [0.25, 0.3) is 10.2 Å². The normalized spacial score (nSPS) is 10.7. The lowest BCUT2D eigenvalue weighted by Crippen LogP contribution is -2.13. The quantitative estimate of drug-likeness (QED) is 0.756. The van der Waals surface area contributed by atoms with Gasteiger partial charge < -0.3 is 10.5 Å². The van der Waals surface area contributed by atoms with E-state index in [0.717, 1.165) is 16.0 Å². The van der Waals surface area contributed by atoms with Gasteiger partial charge in [0, 0.05) is 0 Å². The molecule has 2 aromatic heterocycles. The monoisotopic (exact) mass is 305 g/mol. The molecule has 2 heterocycles. The van der Waals surface area contributed by atoms with E-state index in [1.165, 1.54) is 11.3 Å². The van der Waals surface area contributed by atoms with Crippen LogP contribution < -0.4 is 15.8 Å². The Morgan fingerprint density at radius 2 is 2.33 bits per heavy atom. The Hall–Kier alpha value is -2.68. The highest BCUT2D eigenvalue weighted by atomic mass is 32.1. The van der Waals surface area contributed by atoms with Crippen molar-refractivity contribution < 1.29 is 14.2 Å². The third-order valence-electron chi connectivity index (χ3n) is 2.62. The van der Waals surface area contributed by atoms with Crippen LogP contribution in [0.5, 0.6) is 5.75 Å². The van der Waals surface area contributed by atoms with Crippen molar-refractivity contribution >= 4 is 38.4 Å². The van der Waals surface area contributed by atoms with Gasteiger partial charge in [-0.05, 0) is 35.4 Å². The van der Waals surface area contributed by atoms with Crippen molar-refractivity contribution in [2.45, 2.75) is 6.92 Å². The number of ether oxygens (including phenoxy) is 1. The summed E-state index contributed by atoms with van der Waals surface area (Å²) < 4.78 is 10.7. The van der Waals surface area contributed by atoms with Crippen molar-refractivity contribution in [1.82, 2.24) is 15.3 Å². The summed E-state index contributed by atoms with van der Waals surface area (Å²) in [7, 11) is 0. The number of fused-ring (bicyclic) bond motifs is 1. The highest BCUT2D eigenvalue weighted by Gasteiger charge is 2.17. The van der Waals surface area contributed by atoms with Crippen molar-refractivity contribution in [2.75, 3.05) is 17.7 Å². The van der Waals surface area contributed by atoms with Crippen LogP contribution in [0.1, 0.15) is 17.4 Å². The van der Waals surface area contributed by atoms with E-state index in [0.29, 0.717) is 11.7 Å². The number of carbonyl (C=O) groups is 1. The van der Waals surface area contributed by atoms with Gasteiger partial charge in [-0.1, -0.05) is 11.3 Å². The van der Waals surface area contributed by atoms with Crippen LogP contribution in [0.15, 0.2) is 22.8 Å². The van der Waals surface area contributed by atoms with E-state index in [9.17, 15) is 4.79 Å². The van der Waals surface area contributed by atoms with Crippen LogP contribution in [0.3, 0.4) is 0 Å². The maximum absolute atomic E-state index is 11.9. The molecule has 1 aromatic carbocycles. The number of carbonyl (C=O) groups excluding carboxylic acids is 1. The maximum atomic E-state index is 11.9. The molecule has 3 N–H and O–H groups in total. The van der Waals surface area contributed by atoms with Gasteiger partial charge in [0.15, 0.2) is 5.13 Å². The summed E-state index contributed by atoms with van der Waals surface area (Å²) in [6, 6.07) is 5.54. The number of benzene rings is 1. The Labute approximate surface area is 122 Å². The van der Waals surface area contributed by atoms with Crippen LogP contribution in [0.2, 0.25) is 0 Å². The molecule has 108 valence electrons. The summed E-state index contributed by atoms with van der Waals surface area (Å²) >= 11 is 1.33. The summed E-state index contributed by atoms with van der Waals surface area (Å²) in [4.78, 5) is 16.2. The van der Waals surface area contributed by atoms with Crippen molar-refractivity contribution in [3.8, 4) is 5.75 Å². The van der Waals surface area contributed by atoms with E-state index in [1.807, 2.05) is 25.1 Å². The number of nitrogen functional groups attached to an aromatic ring is 1. The number of aromatic nitrogens is 3. The standard InChI is InChI=1S/C12H11N5O3S/c1-2-19-6-3-4-7-8(5-6)21-12(14-7)15-11(18)9-10(13)17-20-16-9/h3-5H,2H2,1H3,(H2,13,17)(H,14,15,18). The molecule has 0 saturated heterocycles. The maximum Gasteiger partial charge on any atom is 0.283 e. The molecule has 0 atom stereocenters. The number of hydrogen-bond acceptors (Lipinski definition) is 8. The van der Waals surface area contributed by atoms with Gasteiger partial charge in [0.25, 0.3) is 5.91 Å². The molecule has 3 rings (SSSR count). The molecule has 3 aromatic rings. The summed E-state index contributed by atoms with van der Waals surface area (Å²) in [6.45, 7) is 2.51. The first-order chi connectivity index (χ1) is 10.2. The molecule has 0 radical (unpaired) electrons. The summed E-state index contributed by atoms with van der Waals surface area (Å²) in [6.07, 6.45) is 0. The Morgan fingerprint density at radius 1 is 1.48 bits per heavy atom. The third-order valence-corrected chi connectivity index (χ3v) is 3.55. The number of rotatable bonds is 4. The van der Waals surface area contributed by atoms with Gasteiger partial charge in [0.2, 0.25) is 11.5 Å². The van der Waals surface area contributed by atoms with Crippen LogP contribution in [-0.4, -0.2) is 27.8 Å². The summed E-state index contributed by atoms with van der Waals surface area (Å²) in [5.74, 6) is 0.182. The van der Waals surface area contributed by atoms with Crippen LogP contribution >= 0.6 is 11.3 Å². The van der Waals surface area contributed by atoms with E-state index in [1.54, 1.807) is 0 Å². The Bertz CT molecular complexity index is 797. The fourth-order valence-corrected chi connectivity index (χ4v) is 2.61. The second kappa shape index (κ2) is 5.37. The zero-order chi connectivity index (χ0) is 14.8. The topological polar surface area (TPSA) is 116 Å². The van der Waals surface area contributed by atoms with Gasteiger partial charge in [-0.3, -0.25) is 10.1 Å². The fourth-order valence-electron chi connectivity index (χ4n) is 1.72. The zero-order valence-corrected chi connectivity index (χ0v) is 11.8. The van der Waals surface area contributed by atoms with Gasteiger partial charge in [0.1, 0.15) is 5.75 Å². The second-order valence-corrected chi connectivity index (χ2v) is 5.06. The highest BCUT2D eigenvalue weighted by Crippen LogP contribution is 2.29. The van der Waals surface area contributed by atoms with Crippen molar-refractivity contribution in [2.24, 2.45) is 0 Å². The molecular formula is C12H11N5O3S. The molecule has 0 aliphatic heterocycles. The number of anilines is 2. The number of thiazole rings is 1. The molecule has 0 bridgehead atoms. The first-order valence-electron chi connectivity index (χ1n) is 6.10. The predicted molar refractivity (Wildman–Crippen MR) is 77.5 cm³/mol. The smallest absolute Gasteiger partial charge is 0.283 e. The first kappa shape index (κ1) is 13.3. The summed E-state index contributed by atoms with van der Waals surface area (Å²) in [5.41, 5.74) is 6.16. The summed E-state index contributed by atoms with van der Waals surface area (Å²) in [5, 5.41) is 9.84. The molecule has 9 heteroatoms. The number of nitrogens with zero attached hydrogens (tertiary/aromatic N) is 3. The first-order valence-corrected chi connectivity index (χ1v) is 6.92. The molecule has 8 nitrogen and oxygen atoms in total. The number of nitrogens with two attached hydrogens (primary N) is 1. The molecular weight excluding hydrogens is 294 g/mol. The Kier molecular flexibility index (Phi) is 3.40. The van der Waals surface area contributed by atoms with Crippen molar-refractivity contribution in [1.29, 1.82) is 0 Å². The minimum Gasteiger partial charge on any atom is -0.494 e. The molecule has 0 aliphatic rings. The molecule has 0 fully saturated rings. The lowest BCUT2D eigenvalue weighted by molar-refractivity contribution is 0.101. The van der Waals surface area contributed by atoms with Crippen molar-refractivity contribution in [3.05, 3.63) is 23.9 Å². The van der Waals surface area contributed by atoms with Crippen LogP contribution in [-0.2, 0) is 0 Å². The molecule has 21 heavy (non-hydrogen) atoms. The number of nitrogens with one attached hydrogen (secondary N) is 1. The molecule has 1 amide bonds. The Balaban J connectivity index is 1.84. The van der Waals surface area contributed by atoms with E-state index in [-0.39, 0.29) is 11.5 Å². The van der Waals surface area contributed by atoms with Gasteiger partial charge in [-0.25, -0.2) is 9.61 Å². The molecule has 0 aliphatic carbocycles. The van der Waals surface area contributed by atoms with Gasteiger partial charge >= 0.3 is 0 Å². The van der Waals surface area contributed by atoms with E-state index in [2.05, 4.69) is 25.2 Å². The lowest BCUT2D eigenvalue weighted by atomic mass is 10.3. The lowest BCUT2D eigenvalue weighted by Gasteiger charge is -2.00. The van der Waals surface area contributed by atoms with Gasteiger partial charge in [0.05, 0.1) is 16.8 Å². The minimum absolute atomic E-state index is 0.0627. The van der Waals surface area contributed by atoms with E-state index in [4.69, 9.17) is 10.5 Å². The number of amides is 1. The average Bonchev–Trinajstić information content (AvgIpc) is 3.04. The van der Waals surface area contributed by atoms with Crippen LogP contribution in [0.4, 0.5) is 10.9 Å². The van der Waals surface area contributed by atoms with E-state index >= 15 is 0 Å². The molecule has 0 spiro atoms. The zero-order valence-electron chi connectivity index (χ0n) is 11.0. The van der Waals surface area contributed by atoms with Gasteiger partial charge in [-0.2, -0.15) is 0 Å². The largest absolute Gasteiger partial charge is 0.494 e. The predicted octanol–water partition coefficient (Wildman–Crippen LogP) is 1.91. The van der Waals surface area contributed by atoms with Crippen molar-refractivity contribution in [3.63, 3.8) is 0 Å². The average molecular weight is 305 g/mol. The molecule has 0 unspecified atom stereocenters. The van der Waals surface area contributed by atoms with Crippen LogP contribution in [0, 0.1) is 0 Å². The second-order valence-electron chi connectivity index (χ2n) is 4.03. The fraction of sp³-hybridized carbons (Fsp3) is 0.167. The molecule has 0 saturated carbocycles.